The van der Waals surface area contributed by atoms with E-state index in [-0.39, 0.29) is 0 Å². The normalized spacial score (nSPS) is 21.8. The van der Waals surface area contributed by atoms with Gasteiger partial charge in [-0.15, -0.1) is 0 Å². The second-order valence-corrected chi connectivity index (χ2v) is 2.94. The molecule has 0 aromatic carbocycles. The Morgan fingerprint density at radius 3 is 1.91 bits per heavy atom. The molecule has 0 amide bonds. The maximum absolute atomic E-state index is 2.32. The molecule has 0 aromatic rings. The summed E-state index contributed by atoms with van der Waals surface area (Å²) >= 11 is 0. The van der Waals surface area contributed by atoms with Gasteiger partial charge in [-0.1, -0.05) is 36.5 Å². The van der Waals surface area contributed by atoms with Gasteiger partial charge in [-0.05, 0) is 30.4 Å². The van der Waals surface area contributed by atoms with E-state index < -0.39 is 0 Å². The topological polar surface area (TPSA) is 0 Å². The van der Waals surface area contributed by atoms with Crippen molar-refractivity contribution >= 4 is 0 Å². The van der Waals surface area contributed by atoms with Crippen LogP contribution >= 0.6 is 0 Å². The summed E-state index contributed by atoms with van der Waals surface area (Å²) in [5.41, 5.74) is 2.81. The first-order valence-corrected chi connectivity index (χ1v) is 4.20. The van der Waals surface area contributed by atoms with Crippen LogP contribution in [0.2, 0.25) is 0 Å². The third-order valence-electron chi connectivity index (χ3n) is 2.10. The summed E-state index contributed by atoms with van der Waals surface area (Å²) in [5, 5.41) is 0. The summed E-state index contributed by atoms with van der Waals surface area (Å²) in [6, 6.07) is 0. The van der Waals surface area contributed by atoms with E-state index in [1.54, 1.807) is 0 Å². The van der Waals surface area contributed by atoms with Crippen LogP contribution in [0.1, 0.15) is 19.3 Å². The number of hydrogen-bond acceptors (Lipinski definition) is 0. The van der Waals surface area contributed by atoms with Gasteiger partial charge in [0.25, 0.3) is 0 Å². The predicted octanol–water partition coefficient (Wildman–Crippen LogP) is 3.15. The maximum Gasteiger partial charge on any atom is -0.0162 e. The van der Waals surface area contributed by atoms with Crippen molar-refractivity contribution < 1.29 is 0 Å². The molecule has 0 fully saturated rings. The van der Waals surface area contributed by atoms with Gasteiger partial charge in [-0.2, -0.15) is 0 Å². The third kappa shape index (κ3) is 1.35. The zero-order chi connectivity index (χ0) is 7.52. The molecule has 11 heavy (non-hydrogen) atoms. The van der Waals surface area contributed by atoms with Gasteiger partial charge in [0.15, 0.2) is 0 Å². The highest BCUT2D eigenvalue weighted by Crippen LogP contribution is 2.23. The first-order chi connectivity index (χ1) is 5.47. The van der Waals surface area contributed by atoms with Crippen molar-refractivity contribution in [2.75, 3.05) is 0 Å². The van der Waals surface area contributed by atoms with Crippen molar-refractivity contribution in [3.63, 3.8) is 0 Å². The second-order valence-electron chi connectivity index (χ2n) is 2.94. The molecule has 0 heterocycles. The predicted molar refractivity (Wildman–Crippen MR) is 48.3 cm³/mol. The second kappa shape index (κ2) is 2.91. The zero-order valence-electron chi connectivity index (χ0n) is 6.59. The van der Waals surface area contributed by atoms with Crippen LogP contribution in [0.25, 0.3) is 0 Å². The Balaban J connectivity index is 2.38. The van der Waals surface area contributed by atoms with Crippen LogP contribution in [0.15, 0.2) is 47.6 Å². The molecule has 0 atom stereocenters. The van der Waals surface area contributed by atoms with Gasteiger partial charge >= 0.3 is 0 Å². The SMILES string of the molecule is C1=CC2=CCCC=C2C=CC1. The van der Waals surface area contributed by atoms with Crippen LogP contribution < -0.4 is 0 Å². The van der Waals surface area contributed by atoms with Gasteiger partial charge in [0.05, 0.1) is 0 Å². The molecule has 0 bridgehead atoms. The zero-order valence-corrected chi connectivity index (χ0v) is 6.59. The Morgan fingerprint density at radius 1 is 0.818 bits per heavy atom. The van der Waals surface area contributed by atoms with E-state index in [1.807, 2.05) is 0 Å². The molecule has 2 rings (SSSR count). The quantitative estimate of drug-likeness (QED) is 0.490. The van der Waals surface area contributed by atoms with Gasteiger partial charge < -0.3 is 0 Å². The van der Waals surface area contributed by atoms with E-state index in [0.29, 0.717) is 0 Å². The average Bonchev–Trinajstić information content (AvgIpc) is 2.28. The van der Waals surface area contributed by atoms with Crippen LogP contribution in [0, 0.1) is 0 Å². The highest BCUT2D eigenvalue weighted by atomic mass is 14.1. The van der Waals surface area contributed by atoms with E-state index in [1.165, 1.54) is 24.0 Å². The molecule has 0 nitrogen and oxygen atoms in total. The highest BCUT2D eigenvalue weighted by molar-refractivity contribution is 5.49. The fraction of sp³-hybridized carbons (Fsp3) is 0.273. The van der Waals surface area contributed by atoms with Crippen LogP contribution in [0.4, 0.5) is 0 Å². The summed E-state index contributed by atoms with van der Waals surface area (Å²) in [6.45, 7) is 0. The molecule has 56 valence electrons. The van der Waals surface area contributed by atoms with Gasteiger partial charge in [0.1, 0.15) is 0 Å². The van der Waals surface area contributed by atoms with Gasteiger partial charge in [-0.3, -0.25) is 0 Å². The minimum atomic E-state index is 1.08. The molecule has 0 saturated heterocycles. The number of hydrogen-bond donors (Lipinski definition) is 0. The molecule has 0 unspecified atom stereocenters. The lowest BCUT2D eigenvalue weighted by Gasteiger charge is -2.07. The molecule has 0 spiro atoms. The van der Waals surface area contributed by atoms with Crippen molar-refractivity contribution in [3.8, 4) is 0 Å². The Hall–Kier alpha value is -1.04. The van der Waals surface area contributed by atoms with Crippen molar-refractivity contribution in [1.82, 2.24) is 0 Å². The fourth-order valence-corrected chi connectivity index (χ4v) is 1.51. The minimum absolute atomic E-state index is 1.08. The Kier molecular flexibility index (Phi) is 1.76. The third-order valence-corrected chi connectivity index (χ3v) is 2.10. The van der Waals surface area contributed by atoms with Crippen molar-refractivity contribution in [2.24, 2.45) is 0 Å². The Morgan fingerprint density at radius 2 is 1.36 bits per heavy atom. The molecule has 0 N–H and O–H groups in total. The Labute approximate surface area is 67.6 Å². The number of allylic oxidation sites excluding steroid dienone is 8. The van der Waals surface area contributed by atoms with E-state index in [4.69, 9.17) is 0 Å². The lowest BCUT2D eigenvalue weighted by Crippen LogP contribution is -1.88. The monoisotopic (exact) mass is 144 g/mol. The van der Waals surface area contributed by atoms with Crippen LogP contribution in [-0.4, -0.2) is 0 Å². The molecule has 0 aromatic heterocycles. The summed E-state index contributed by atoms with van der Waals surface area (Å²) in [7, 11) is 0. The molecule has 0 aliphatic heterocycles. The summed E-state index contributed by atoms with van der Waals surface area (Å²) in [5.74, 6) is 0. The van der Waals surface area contributed by atoms with Crippen molar-refractivity contribution in [1.29, 1.82) is 0 Å². The lowest BCUT2D eigenvalue weighted by molar-refractivity contribution is 1.01. The standard InChI is InChI=1S/C11H12/c1-2-6-10-8-4-5-9-11(10)7-3-1/h2-3,6-9H,1,4-5H2. The molecule has 0 saturated carbocycles. The lowest BCUT2D eigenvalue weighted by atomic mass is 9.98. The summed E-state index contributed by atoms with van der Waals surface area (Å²) in [6.07, 6.45) is 17.0. The summed E-state index contributed by atoms with van der Waals surface area (Å²) in [4.78, 5) is 0. The summed E-state index contributed by atoms with van der Waals surface area (Å²) < 4.78 is 0. The molecular formula is C11H12. The molecular weight excluding hydrogens is 132 g/mol. The molecule has 2 aliphatic carbocycles. The largest absolute Gasteiger partial charge is 0.0801 e. The molecule has 0 radical (unpaired) electrons. The number of rotatable bonds is 0. The van der Waals surface area contributed by atoms with E-state index in [2.05, 4.69) is 36.5 Å². The highest BCUT2D eigenvalue weighted by Gasteiger charge is 2.03. The Bertz CT molecular complexity index is 234. The van der Waals surface area contributed by atoms with Crippen LogP contribution in [0.5, 0.6) is 0 Å². The van der Waals surface area contributed by atoms with Crippen LogP contribution in [0.3, 0.4) is 0 Å². The molecule has 2 aliphatic rings. The van der Waals surface area contributed by atoms with E-state index in [9.17, 15) is 0 Å². The van der Waals surface area contributed by atoms with E-state index in [0.717, 1.165) is 6.42 Å². The average molecular weight is 144 g/mol. The van der Waals surface area contributed by atoms with Gasteiger partial charge in [-0.25, -0.2) is 0 Å². The van der Waals surface area contributed by atoms with Crippen molar-refractivity contribution in [3.05, 3.63) is 47.6 Å². The fourth-order valence-electron chi connectivity index (χ4n) is 1.51. The van der Waals surface area contributed by atoms with Crippen LogP contribution in [-0.2, 0) is 0 Å². The first kappa shape index (κ1) is 6.66. The number of fused-ring (bicyclic) bond motifs is 1. The first-order valence-electron chi connectivity index (χ1n) is 4.20. The van der Waals surface area contributed by atoms with Crippen molar-refractivity contribution in [2.45, 2.75) is 19.3 Å². The van der Waals surface area contributed by atoms with Gasteiger partial charge in [0, 0.05) is 0 Å². The smallest absolute Gasteiger partial charge is 0.0162 e. The maximum atomic E-state index is 2.32. The van der Waals surface area contributed by atoms with E-state index >= 15 is 0 Å². The van der Waals surface area contributed by atoms with Gasteiger partial charge in [0.2, 0.25) is 0 Å². The minimum Gasteiger partial charge on any atom is -0.0801 e. The molecule has 0 heteroatoms.